The number of aromatic nitrogens is 2. The van der Waals surface area contributed by atoms with Gasteiger partial charge in [-0.25, -0.2) is 9.97 Å². The number of pyridine rings is 2. The summed E-state index contributed by atoms with van der Waals surface area (Å²) in [6, 6.07) is 5.54. The molecule has 0 aliphatic carbocycles. The zero-order valence-electron chi connectivity index (χ0n) is 18.6. The standard InChI is InChI=1S/C23H29Cl2N5O3/c1-32-13-16-8-15(11-26-16)23(31)30-21-9-17(19(25)12-28-21)22-18(24)2-3-20(29-22)27-10-14-4-6-33-7-5-14/h2-3,9,12,14-16,26H,4-8,10-11,13H2,1H3,(H,27,29)(H,28,30,31)/t15-,16+/m1/s1. The van der Waals surface area contributed by atoms with Crippen molar-refractivity contribution in [3.63, 3.8) is 0 Å². The lowest BCUT2D eigenvalue weighted by atomic mass is 10.0. The maximum absolute atomic E-state index is 12.7. The number of amides is 1. The molecule has 2 fully saturated rings. The van der Waals surface area contributed by atoms with E-state index in [9.17, 15) is 4.79 Å². The maximum atomic E-state index is 12.7. The highest BCUT2D eigenvalue weighted by molar-refractivity contribution is 6.36. The summed E-state index contributed by atoms with van der Waals surface area (Å²) >= 11 is 12.9. The Morgan fingerprint density at radius 3 is 2.85 bits per heavy atom. The molecule has 1 amide bonds. The van der Waals surface area contributed by atoms with Crippen LogP contribution in [0.25, 0.3) is 11.3 Å². The van der Waals surface area contributed by atoms with Crippen LogP contribution < -0.4 is 16.0 Å². The van der Waals surface area contributed by atoms with Crippen LogP contribution in [0.5, 0.6) is 0 Å². The third kappa shape index (κ3) is 6.33. The minimum absolute atomic E-state index is 0.0900. The Hall–Kier alpha value is -1.97. The lowest BCUT2D eigenvalue weighted by molar-refractivity contribution is -0.119. The first kappa shape index (κ1) is 24.2. The van der Waals surface area contributed by atoms with Gasteiger partial charge in [-0.2, -0.15) is 0 Å². The molecule has 0 unspecified atom stereocenters. The third-order valence-electron chi connectivity index (χ3n) is 6.08. The highest BCUT2D eigenvalue weighted by Crippen LogP contribution is 2.34. The monoisotopic (exact) mass is 493 g/mol. The van der Waals surface area contributed by atoms with E-state index in [0.717, 1.165) is 38.4 Å². The van der Waals surface area contributed by atoms with E-state index in [-0.39, 0.29) is 17.9 Å². The lowest BCUT2D eigenvalue weighted by Crippen LogP contribution is -2.26. The molecule has 4 rings (SSSR count). The summed E-state index contributed by atoms with van der Waals surface area (Å²) in [5.41, 5.74) is 1.16. The predicted octanol–water partition coefficient (Wildman–Crippen LogP) is 3.85. The van der Waals surface area contributed by atoms with Gasteiger partial charge in [-0.3, -0.25) is 4.79 Å². The summed E-state index contributed by atoms with van der Waals surface area (Å²) in [4.78, 5) is 21.7. The molecule has 8 nitrogen and oxygen atoms in total. The van der Waals surface area contributed by atoms with Crippen molar-refractivity contribution in [3.05, 3.63) is 34.4 Å². The Labute approximate surface area is 203 Å². The molecule has 178 valence electrons. The van der Waals surface area contributed by atoms with Crippen LogP contribution in [0, 0.1) is 11.8 Å². The van der Waals surface area contributed by atoms with E-state index in [1.807, 2.05) is 6.07 Å². The number of rotatable bonds is 8. The number of nitrogens with one attached hydrogen (secondary N) is 3. The number of nitrogens with zero attached hydrogens (tertiary/aromatic N) is 2. The first-order valence-electron chi connectivity index (χ1n) is 11.2. The van der Waals surface area contributed by atoms with Gasteiger partial charge in [0.2, 0.25) is 5.91 Å². The number of hydrogen-bond acceptors (Lipinski definition) is 7. The number of carbonyl (C=O) groups excluding carboxylic acids is 1. The minimum Gasteiger partial charge on any atom is -0.383 e. The molecule has 2 aromatic rings. The normalized spacial score (nSPS) is 21.2. The second kappa shape index (κ2) is 11.4. The molecule has 4 heterocycles. The van der Waals surface area contributed by atoms with Gasteiger partial charge in [0.15, 0.2) is 0 Å². The molecule has 2 saturated heterocycles. The Balaban J connectivity index is 1.46. The molecular weight excluding hydrogens is 465 g/mol. The van der Waals surface area contributed by atoms with Gasteiger partial charge in [0.05, 0.1) is 28.3 Å². The summed E-state index contributed by atoms with van der Waals surface area (Å²) in [5, 5.41) is 10.5. The van der Waals surface area contributed by atoms with Crippen molar-refractivity contribution >= 4 is 40.7 Å². The van der Waals surface area contributed by atoms with E-state index in [1.54, 1.807) is 19.2 Å². The Kier molecular flexibility index (Phi) is 8.38. The van der Waals surface area contributed by atoms with E-state index < -0.39 is 0 Å². The quantitative estimate of drug-likeness (QED) is 0.513. The molecule has 0 saturated carbocycles. The Morgan fingerprint density at radius 1 is 1.24 bits per heavy atom. The first-order valence-corrected chi connectivity index (χ1v) is 12.0. The van der Waals surface area contributed by atoms with Crippen molar-refractivity contribution in [2.45, 2.75) is 25.3 Å². The second-order valence-electron chi connectivity index (χ2n) is 8.50. The number of methoxy groups -OCH3 is 1. The molecule has 2 aliphatic heterocycles. The highest BCUT2D eigenvalue weighted by Gasteiger charge is 2.29. The fraction of sp³-hybridized carbons (Fsp3) is 0.522. The molecule has 0 bridgehead atoms. The van der Waals surface area contributed by atoms with E-state index in [1.165, 1.54) is 6.20 Å². The van der Waals surface area contributed by atoms with Gasteiger partial charge in [-0.05, 0) is 43.4 Å². The number of hydrogen-bond donors (Lipinski definition) is 3. The van der Waals surface area contributed by atoms with Crippen LogP contribution in [-0.4, -0.2) is 61.9 Å². The van der Waals surface area contributed by atoms with Crippen LogP contribution >= 0.6 is 23.2 Å². The lowest BCUT2D eigenvalue weighted by Gasteiger charge is -2.22. The number of halogens is 2. The van der Waals surface area contributed by atoms with Crippen LogP contribution in [-0.2, 0) is 14.3 Å². The number of anilines is 2. The van der Waals surface area contributed by atoms with Gasteiger partial charge in [0.1, 0.15) is 11.6 Å². The molecular formula is C23H29Cl2N5O3. The minimum atomic E-state index is -0.148. The number of carbonyl (C=O) groups is 1. The van der Waals surface area contributed by atoms with Crippen molar-refractivity contribution in [2.75, 3.05) is 50.7 Å². The first-order chi connectivity index (χ1) is 16.0. The van der Waals surface area contributed by atoms with Crippen molar-refractivity contribution < 1.29 is 14.3 Å². The second-order valence-corrected chi connectivity index (χ2v) is 9.31. The SMILES string of the molecule is COC[C@@H]1C[C@@H](C(=O)Nc2cc(-c3nc(NCC4CCOCC4)ccc3Cl)c(Cl)cn2)CN1. The van der Waals surface area contributed by atoms with Crippen molar-refractivity contribution in [3.8, 4) is 11.3 Å². The average molecular weight is 494 g/mol. The largest absolute Gasteiger partial charge is 0.383 e. The molecule has 33 heavy (non-hydrogen) atoms. The summed E-state index contributed by atoms with van der Waals surface area (Å²) in [7, 11) is 1.66. The zero-order valence-corrected chi connectivity index (χ0v) is 20.1. The smallest absolute Gasteiger partial charge is 0.229 e. The summed E-state index contributed by atoms with van der Waals surface area (Å²) in [6.07, 6.45) is 4.30. The average Bonchev–Trinajstić information content (AvgIpc) is 3.30. The molecule has 3 N–H and O–H groups in total. The van der Waals surface area contributed by atoms with Crippen LogP contribution in [0.3, 0.4) is 0 Å². The van der Waals surface area contributed by atoms with E-state index in [4.69, 9.17) is 37.7 Å². The molecule has 10 heteroatoms. The molecule has 0 aromatic carbocycles. The van der Waals surface area contributed by atoms with Crippen LogP contribution in [0.4, 0.5) is 11.6 Å². The van der Waals surface area contributed by atoms with E-state index in [0.29, 0.717) is 52.6 Å². The van der Waals surface area contributed by atoms with Crippen molar-refractivity contribution in [2.24, 2.45) is 11.8 Å². The molecule has 2 aliphatic rings. The maximum Gasteiger partial charge on any atom is 0.229 e. The number of ether oxygens (including phenoxy) is 2. The van der Waals surface area contributed by atoms with Crippen LogP contribution in [0.2, 0.25) is 10.0 Å². The molecule has 2 atom stereocenters. The van der Waals surface area contributed by atoms with E-state index in [2.05, 4.69) is 20.9 Å². The van der Waals surface area contributed by atoms with Gasteiger partial charge < -0.3 is 25.4 Å². The molecule has 0 spiro atoms. The molecule has 2 aromatic heterocycles. The summed E-state index contributed by atoms with van der Waals surface area (Å²) in [5.74, 6) is 1.45. The van der Waals surface area contributed by atoms with Crippen LogP contribution in [0.15, 0.2) is 24.4 Å². The molecule has 0 radical (unpaired) electrons. The van der Waals surface area contributed by atoms with Gasteiger partial charge in [-0.15, -0.1) is 0 Å². The van der Waals surface area contributed by atoms with Gasteiger partial charge in [-0.1, -0.05) is 23.2 Å². The zero-order chi connectivity index (χ0) is 23.2. The third-order valence-corrected chi connectivity index (χ3v) is 6.69. The Morgan fingerprint density at radius 2 is 2.06 bits per heavy atom. The fourth-order valence-electron chi connectivity index (χ4n) is 4.19. The predicted molar refractivity (Wildman–Crippen MR) is 130 cm³/mol. The van der Waals surface area contributed by atoms with Gasteiger partial charge in [0.25, 0.3) is 0 Å². The van der Waals surface area contributed by atoms with Crippen LogP contribution in [0.1, 0.15) is 19.3 Å². The highest BCUT2D eigenvalue weighted by atomic mass is 35.5. The van der Waals surface area contributed by atoms with Crippen molar-refractivity contribution in [1.29, 1.82) is 0 Å². The fourth-order valence-corrected chi connectivity index (χ4v) is 4.59. The summed E-state index contributed by atoms with van der Waals surface area (Å²) in [6.45, 7) is 3.61. The van der Waals surface area contributed by atoms with Gasteiger partial charge in [0, 0.05) is 51.2 Å². The van der Waals surface area contributed by atoms with Crippen molar-refractivity contribution in [1.82, 2.24) is 15.3 Å². The Bertz CT molecular complexity index is 971. The van der Waals surface area contributed by atoms with E-state index >= 15 is 0 Å². The topological polar surface area (TPSA) is 97.4 Å². The van der Waals surface area contributed by atoms with Gasteiger partial charge >= 0.3 is 0 Å². The summed E-state index contributed by atoms with van der Waals surface area (Å²) < 4.78 is 10.6.